The van der Waals surface area contributed by atoms with Crippen molar-refractivity contribution in [3.05, 3.63) is 57.8 Å². The molecule has 2 aromatic rings. The maximum absolute atomic E-state index is 5.30. The van der Waals surface area contributed by atoms with Crippen LogP contribution in [0.25, 0.3) is 0 Å². The molecule has 1 heterocycles. The zero-order valence-electron chi connectivity index (χ0n) is 12.7. The smallest absolute Gasteiger partial charge is 0.137 e. The zero-order valence-corrected chi connectivity index (χ0v) is 14.3. The van der Waals surface area contributed by atoms with Crippen molar-refractivity contribution in [3.8, 4) is 5.75 Å². The van der Waals surface area contributed by atoms with Gasteiger partial charge in [-0.2, -0.15) is 0 Å². The van der Waals surface area contributed by atoms with E-state index in [1.165, 1.54) is 11.1 Å². The summed E-state index contributed by atoms with van der Waals surface area (Å²) in [6.07, 6.45) is 4.71. The average molecular weight is 349 g/mol. The average Bonchev–Trinajstić information content (AvgIpc) is 2.52. The summed E-state index contributed by atoms with van der Waals surface area (Å²) >= 11 is 3.62. The van der Waals surface area contributed by atoms with Gasteiger partial charge in [0.15, 0.2) is 0 Å². The van der Waals surface area contributed by atoms with Crippen molar-refractivity contribution >= 4 is 15.9 Å². The molecule has 0 fully saturated rings. The number of pyridine rings is 1. The highest BCUT2D eigenvalue weighted by molar-refractivity contribution is 9.10. The number of rotatable bonds is 6. The molecule has 1 aromatic heterocycles. The van der Waals surface area contributed by atoms with Crippen molar-refractivity contribution in [1.82, 2.24) is 10.3 Å². The van der Waals surface area contributed by atoms with Gasteiger partial charge in [-0.25, -0.2) is 0 Å². The first-order chi connectivity index (χ1) is 10.2. The Morgan fingerprint density at radius 3 is 2.86 bits per heavy atom. The fraction of sp³-hybridized carbons (Fsp3) is 0.353. The molecule has 1 unspecified atom stereocenters. The number of nitrogens with zero attached hydrogens (tertiary/aromatic N) is 1. The zero-order chi connectivity index (χ0) is 15.2. The first-order valence-electron chi connectivity index (χ1n) is 7.14. The van der Waals surface area contributed by atoms with Crippen molar-refractivity contribution in [3.63, 3.8) is 0 Å². The van der Waals surface area contributed by atoms with E-state index in [0.717, 1.165) is 28.8 Å². The third-order valence-corrected chi connectivity index (χ3v) is 4.38. The van der Waals surface area contributed by atoms with Crippen LogP contribution < -0.4 is 10.1 Å². The van der Waals surface area contributed by atoms with Crippen molar-refractivity contribution in [1.29, 1.82) is 0 Å². The molecule has 1 aromatic carbocycles. The van der Waals surface area contributed by atoms with Crippen LogP contribution in [0.15, 0.2) is 41.1 Å². The number of hydrogen-bond donors (Lipinski definition) is 1. The number of benzene rings is 1. The third kappa shape index (κ3) is 3.83. The van der Waals surface area contributed by atoms with Gasteiger partial charge < -0.3 is 10.1 Å². The van der Waals surface area contributed by atoms with Gasteiger partial charge in [-0.1, -0.05) is 35.0 Å². The van der Waals surface area contributed by atoms with Crippen LogP contribution in [0.5, 0.6) is 5.75 Å². The SMILES string of the molecule is CCCNC(c1cncc(OC)c1)c1cccc(Br)c1C. The fourth-order valence-electron chi connectivity index (χ4n) is 2.34. The van der Waals surface area contributed by atoms with E-state index in [1.54, 1.807) is 13.3 Å². The quantitative estimate of drug-likeness (QED) is 0.847. The highest BCUT2D eigenvalue weighted by Crippen LogP contribution is 2.30. The number of hydrogen-bond acceptors (Lipinski definition) is 3. The lowest BCUT2D eigenvalue weighted by Gasteiger charge is -2.22. The van der Waals surface area contributed by atoms with Crippen LogP contribution in [-0.2, 0) is 0 Å². The summed E-state index contributed by atoms with van der Waals surface area (Å²) in [5.41, 5.74) is 3.62. The molecule has 2 rings (SSSR count). The molecule has 0 aliphatic heterocycles. The second-order valence-electron chi connectivity index (χ2n) is 5.00. The van der Waals surface area contributed by atoms with Crippen LogP contribution in [0.4, 0.5) is 0 Å². The van der Waals surface area contributed by atoms with Crippen LogP contribution in [0, 0.1) is 6.92 Å². The minimum Gasteiger partial charge on any atom is -0.495 e. The molecule has 0 aliphatic carbocycles. The molecule has 112 valence electrons. The van der Waals surface area contributed by atoms with Gasteiger partial charge in [0.05, 0.1) is 19.3 Å². The molecule has 21 heavy (non-hydrogen) atoms. The first-order valence-corrected chi connectivity index (χ1v) is 7.94. The van der Waals surface area contributed by atoms with Gasteiger partial charge in [0.2, 0.25) is 0 Å². The molecule has 1 atom stereocenters. The van der Waals surface area contributed by atoms with Crippen LogP contribution in [0.3, 0.4) is 0 Å². The van der Waals surface area contributed by atoms with Crippen LogP contribution in [-0.4, -0.2) is 18.6 Å². The number of halogens is 1. The summed E-state index contributed by atoms with van der Waals surface area (Å²) in [4.78, 5) is 4.29. The summed E-state index contributed by atoms with van der Waals surface area (Å²) in [6.45, 7) is 5.25. The monoisotopic (exact) mass is 348 g/mol. The van der Waals surface area contributed by atoms with E-state index in [2.05, 4.69) is 58.3 Å². The van der Waals surface area contributed by atoms with Crippen LogP contribution >= 0.6 is 15.9 Å². The normalized spacial score (nSPS) is 12.2. The van der Waals surface area contributed by atoms with Gasteiger partial charge in [0, 0.05) is 10.7 Å². The highest BCUT2D eigenvalue weighted by Gasteiger charge is 2.17. The third-order valence-electron chi connectivity index (χ3n) is 3.52. The Kier molecular flexibility index (Phi) is 5.76. The summed E-state index contributed by atoms with van der Waals surface area (Å²) in [5, 5.41) is 3.60. The standard InChI is InChI=1S/C17H21BrN2O/c1-4-8-20-17(13-9-14(21-3)11-19-10-13)15-6-5-7-16(18)12(15)2/h5-7,9-11,17,20H,4,8H2,1-3H3. The maximum Gasteiger partial charge on any atom is 0.137 e. The lowest BCUT2D eigenvalue weighted by Crippen LogP contribution is -2.24. The fourth-order valence-corrected chi connectivity index (χ4v) is 2.72. The minimum absolute atomic E-state index is 0.116. The Bertz CT molecular complexity index is 601. The molecule has 0 amide bonds. The predicted molar refractivity (Wildman–Crippen MR) is 89.8 cm³/mol. The second kappa shape index (κ2) is 7.57. The van der Waals surface area contributed by atoms with E-state index >= 15 is 0 Å². The molecule has 0 radical (unpaired) electrons. The molecule has 0 aliphatic rings. The van der Waals surface area contributed by atoms with Crippen molar-refractivity contribution in [2.75, 3.05) is 13.7 Å². The van der Waals surface area contributed by atoms with E-state index in [-0.39, 0.29) is 6.04 Å². The lowest BCUT2D eigenvalue weighted by atomic mass is 9.96. The van der Waals surface area contributed by atoms with E-state index in [9.17, 15) is 0 Å². The topological polar surface area (TPSA) is 34.2 Å². The predicted octanol–water partition coefficient (Wildman–Crippen LogP) is 4.25. The van der Waals surface area contributed by atoms with E-state index < -0.39 is 0 Å². The minimum atomic E-state index is 0.116. The van der Waals surface area contributed by atoms with Gasteiger partial charge in [0.1, 0.15) is 5.75 Å². The van der Waals surface area contributed by atoms with Gasteiger partial charge in [-0.05, 0) is 48.7 Å². The molecule has 0 saturated heterocycles. The van der Waals surface area contributed by atoms with Gasteiger partial charge in [-0.3, -0.25) is 4.98 Å². The molecular formula is C17H21BrN2O. The highest BCUT2D eigenvalue weighted by atomic mass is 79.9. The van der Waals surface area contributed by atoms with Gasteiger partial charge >= 0.3 is 0 Å². The Hall–Kier alpha value is -1.39. The Morgan fingerprint density at radius 1 is 1.33 bits per heavy atom. The molecule has 3 nitrogen and oxygen atoms in total. The van der Waals surface area contributed by atoms with E-state index in [4.69, 9.17) is 4.74 Å². The molecule has 1 N–H and O–H groups in total. The lowest BCUT2D eigenvalue weighted by molar-refractivity contribution is 0.411. The summed E-state index contributed by atoms with van der Waals surface area (Å²) in [5.74, 6) is 0.781. The van der Waals surface area contributed by atoms with Gasteiger partial charge in [0.25, 0.3) is 0 Å². The molecule has 4 heteroatoms. The van der Waals surface area contributed by atoms with E-state index in [1.807, 2.05) is 12.3 Å². The summed E-state index contributed by atoms with van der Waals surface area (Å²) < 4.78 is 6.42. The van der Waals surface area contributed by atoms with E-state index in [0.29, 0.717) is 0 Å². The summed E-state index contributed by atoms with van der Waals surface area (Å²) in [6, 6.07) is 8.46. The molecular weight excluding hydrogens is 328 g/mol. The van der Waals surface area contributed by atoms with Crippen molar-refractivity contribution < 1.29 is 4.74 Å². The number of aromatic nitrogens is 1. The first kappa shape index (κ1) is 16.0. The Balaban J connectivity index is 2.44. The molecule has 0 spiro atoms. The largest absolute Gasteiger partial charge is 0.495 e. The Labute approximate surface area is 134 Å². The van der Waals surface area contributed by atoms with Crippen LogP contribution in [0.1, 0.15) is 36.1 Å². The summed E-state index contributed by atoms with van der Waals surface area (Å²) in [7, 11) is 1.67. The number of methoxy groups -OCH3 is 1. The Morgan fingerprint density at radius 2 is 2.14 bits per heavy atom. The van der Waals surface area contributed by atoms with Crippen LogP contribution in [0.2, 0.25) is 0 Å². The second-order valence-corrected chi connectivity index (χ2v) is 5.85. The van der Waals surface area contributed by atoms with Crippen molar-refractivity contribution in [2.24, 2.45) is 0 Å². The number of ether oxygens (including phenoxy) is 1. The molecule has 0 bridgehead atoms. The van der Waals surface area contributed by atoms with Gasteiger partial charge in [-0.15, -0.1) is 0 Å². The number of nitrogens with one attached hydrogen (secondary N) is 1. The maximum atomic E-state index is 5.30. The molecule has 0 saturated carbocycles. The van der Waals surface area contributed by atoms with Crippen molar-refractivity contribution in [2.45, 2.75) is 26.3 Å².